The Hall–Kier alpha value is -2.60. The zero-order valence-electron chi connectivity index (χ0n) is 18.3. The van der Waals surface area contributed by atoms with Gasteiger partial charge in [-0.1, -0.05) is 5.21 Å². The van der Waals surface area contributed by atoms with Crippen molar-refractivity contribution in [2.75, 3.05) is 71.0 Å². The maximum Gasteiger partial charge on any atom is 0.252 e. The van der Waals surface area contributed by atoms with Gasteiger partial charge in [-0.15, -0.1) is 5.10 Å². The number of halogens is 1. The number of carbonyl (C=O) groups excluding carboxylic acids is 1. The molecule has 0 bridgehead atoms. The Morgan fingerprint density at radius 3 is 2.66 bits per heavy atom. The number of aromatic nitrogens is 3. The third-order valence-electron chi connectivity index (χ3n) is 5.85. The van der Waals surface area contributed by atoms with Gasteiger partial charge in [-0.2, -0.15) is 0 Å². The minimum Gasteiger partial charge on any atom is -0.382 e. The Labute approximate surface area is 186 Å². The summed E-state index contributed by atoms with van der Waals surface area (Å²) in [6.07, 6.45) is 0.712. The average Bonchev–Trinajstić information content (AvgIpc) is 3.28. The molecule has 2 fully saturated rings. The van der Waals surface area contributed by atoms with E-state index in [1.54, 1.807) is 27.9 Å². The number of hydrogen-bond donors (Lipinski definition) is 2. The molecule has 2 aliphatic heterocycles. The smallest absolute Gasteiger partial charge is 0.252 e. The summed E-state index contributed by atoms with van der Waals surface area (Å²) in [7, 11) is 1.83. The number of rotatable bonds is 7. The van der Waals surface area contributed by atoms with Gasteiger partial charge in [-0.25, -0.2) is 9.07 Å². The number of carbonyl (C=O) groups is 1. The lowest BCUT2D eigenvalue weighted by Gasteiger charge is -2.37. The van der Waals surface area contributed by atoms with Crippen molar-refractivity contribution in [1.82, 2.24) is 30.1 Å². The summed E-state index contributed by atoms with van der Waals surface area (Å²) in [5.41, 5.74) is 1.86. The van der Waals surface area contributed by atoms with Crippen molar-refractivity contribution < 1.29 is 19.0 Å². The van der Waals surface area contributed by atoms with E-state index in [-0.39, 0.29) is 11.7 Å². The predicted octanol–water partition coefficient (Wildman–Crippen LogP) is -0.532. The second kappa shape index (κ2) is 10.3. The van der Waals surface area contributed by atoms with Gasteiger partial charge >= 0.3 is 0 Å². The zero-order chi connectivity index (χ0) is 22.5. The minimum atomic E-state index is -1.05. The van der Waals surface area contributed by atoms with Crippen molar-refractivity contribution in [3.63, 3.8) is 0 Å². The minimum absolute atomic E-state index is 0.268. The predicted molar refractivity (Wildman–Crippen MR) is 116 cm³/mol. The molecule has 0 radical (unpaired) electrons. The molecule has 1 aromatic heterocycles. The Balaban J connectivity index is 1.32. The summed E-state index contributed by atoms with van der Waals surface area (Å²) in [4.78, 5) is 18.3. The van der Waals surface area contributed by atoms with E-state index < -0.39 is 6.10 Å². The van der Waals surface area contributed by atoms with Crippen molar-refractivity contribution in [2.45, 2.75) is 12.6 Å². The van der Waals surface area contributed by atoms with Gasteiger partial charge in [0.1, 0.15) is 11.9 Å². The highest BCUT2D eigenvalue weighted by Gasteiger charge is 2.28. The average molecular weight is 448 g/mol. The summed E-state index contributed by atoms with van der Waals surface area (Å²) in [6.45, 7) is 5.48. The zero-order valence-corrected chi connectivity index (χ0v) is 18.3. The van der Waals surface area contributed by atoms with Crippen LogP contribution in [0.5, 0.6) is 0 Å². The molecule has 32 heavy (non-hydrogen) atoms. The lowest BCUT2D eigenvalue weighted by Crippen LogP contribution is -2.54. The summed E-state index contributed by atoms with van der Waals surface area (Å²) >= 11 is 0. The van der Waals surface area contributed by atoms with Gasteiger partial charge < -0.3 is 25.0 Å². The number of piperazine rings is 1. The summed E-state index contributed by atoms with van der Waals surface area (Å²) < 4.78 is 21.7. The first-order valence-electron chi connectivity index (χ1n) is 10.9. The van der Waals surface area contributed by atoms with Crippen LogP contribution < -0.4 is 10.2 Å². The third kappa shape index (κ3) is 5.23. The molecular weight excluding hydrogens is 417 g/mol. The number of nitrogens with one attached hydrogen (secondary N) is 1. The monoisotopic (exact) mass is 447 g/mol. The Morgan fingerprint density at radius 2 is 1.97 bits per heavy atom. The molecule has 1 aromatic carbocycles. The van der Waals surface area contributed by atoms with Crippen LogP contribution in [0.4, 0.5) is 10.1 Å². The van der Waals surface area contributed by atoms with Crippen molar-refractivity contribution in [2.24, 2.45) is 0 Å². The van der Waals surface area contributed by atoms with Crippen LogP contribution in [0.15, 0.2) is 24.4 Å². The second-order valence-electron chi connectivity index (χ2n) is 8.06. The topological polar surface area (TPSA) is 99.0 Å². The van der Waals surface area contributed by atoms with Crippen molar-refractivity contribution in [1.29, 1.82) is 0 Å². The van der Waals surface area contributed by atoms with E-state index >= 15 is 0 Å². The highest BCUT2D eigenvalue weighted by atomic mass is 19.1. The fourth-order valence-corrected chi connectivity index (χ4v) is 4.07. The molecule has 0 saturated carbocycles. The lowest BCUT2D eigenvalue weighted by atomic mass is 10.2. The quantitative estimate of drug-likeness (QED) is 0.585. The molecular formula is C21H30FN7O3. The molecule has 3 heterocycles. The molecule has 4 rings (SSSR count). The molecule has 2 aromatic rings. The number of β-amino-alcohol motifs (C(OH)–C–C–N with tert-alkyl or cyclic N) is 1. The molecule has 174 valence electrons. The summed E-state index contributed by atoms with van der Waals surface area (Å²) in [5.74, 6) is -0.615. The largest absolute Gasteiger partial charge is 0.382 e. The first-order chi connectivity index (χ1) is 15.5. The summed E-state index contributed by atoms with van der Waals surface area (Å²) in [5, 5.41) is 21.5. The van der Waals surface area contributed by atoms with E-state index in [0.717, 1.165) is 18.8 Å². The van der Waals surface area contributed by atoms with E-state index in [9.17, 15) is 14.3 Å². The molecule has 2 saturated heterocycles. The third-order valence-corrected chi connectivity index (χ3v) is 5.85. The van der Waals surface area contributed by atoms with E-state index in [0.29, 0.717) is 63.9 Å². The fourth-order valence-electron chi connectivity index (χ4n) is 4.07. The van der Waals surface area contributed by atoms with Crippen LogP contribution in [0.2, 0.25) is 0 Å². The Morgan fingerprint density at radius 1 is 1.22 bits per heavy atom. The molecule has 1 unspecified atom stereocenters. The molecule has 2 aliphatic rings. The molecule has 1 atom stereocenters. The van der Waals surface area contributed by atoms with Crippen LogP contribution in [-0.4, -0.2) is 108 Å². The van der Waals surface area contributed by atoms with Gasteiger partial charge in [0.05, 0.1) is 36.5 Å². The number of aliphatic hydroxyl groups is 1. The number of hydrogen-bond acceptors (Lipinski definition) is 8. The van der Waals surface area contributed by atoms with Crippen LogP contribution >= 0.6 is 0 Å². The molecule has 11 heteroatoms. The first-order valence-corrected chi connectivity index (χ1v) is 10.9. The van der Waals surface area contributed by atoms with Gasteiger partial charge in [-0.3, -0.25) is 9.69 Å². The number of anilines is 1. The van der Waals surface area contributed by atoms with E-state index in [1.807, 2.05) is 16.8 Å². The first kappa shape index (κ1) is 22.6. The van der Waals surface area contributed by atoms with Gasteiger partial charge in [-0.05, 0) is 19.2 Å². The van der Waals surface area contributed by atoms with Gasteiger partial charge in [0, 0.05) is 58.4 Å². The molecule has 0 spiro atoms. The number of morpholine rings is 1. The van der Waals surface area contributed by atoms with Crippen LogP contribution in [0.3, 0.4) is 0 Å². The van der Waals surface area contributed by atoms with Crippen molar-refractivity contribution >= 4 is 11.6 Å². The van der Waals surface area contributed by atoms with Crippen LogP contribution in [0, 0.1) is 5.82 Å². The normalized spacial score (nSPS) is 18.7. The maximum atomic E-state index is 14.9. The number of benzene rings is 1. The number of nitrogens with zero attached hydrogens (tertiary/aromatic N) is 6. The number of aliphatic hydroxyl groups excluding tert-OH is 1. The Kier molecular flexibility index (Phi) is 7.30. The van der Waals surface area contributed by atoms with Gasteiger partial charge in [0.15, 0.2) is 0 Å². The molecule has 2 N–H and O–H groups in total. The number of amides is 1. The van der Waals surface area contributed by atoms with Crippen LogP contribution in [0.25, 0.3) is 5.69 Å². The van der Waals surface area contributed by atoms with Crippen LogP contribution in [0.1, 0.15) is 5.69 Å². The Bertz CT molecular complexity index is 911. The van der Waals surface area contributed by atoms with E-state index in [2.05, 4.69) is 15.6 Å². The van der Waals surface area contributed by atoms with Crippen molar-refractivity contribution in [3.8, 4) is 5.69 Å². The van der Waals surface area contributed by atoms with Gasteiger partial charge in [0.25, 0.3) is 5.91 Å². The standard InChI is InChI=1S/C21H30FN7O3/c1-23-13-16-14-29(25-24-16)17-2-3-19(18(22)12-17)27-4-6-28(7-5-27)21(31)20(30)15-26-8-10-32-11-9-26/h2-3,12,14,20,23,30H,4-11,13,15H2,1H3. The van der Waals surface area contributed by atoms with Crippen molar-refractivity contribution in [3.05, 3.63) is 35.9 Å². The van der Waals surface area contributed by atoms with E-state index in [1.165, 1.54) is 6.07 Å². The molecule has 1 amide bonds. The van der Waals surface area contributed by atoms with Crippen LogP contribution in [-0.2, 0) is 16.1 Å². The second-order valence-corrected chi connectivity index (χ2v) is 8.06. The SMILES string of the molecule is CNCc1cn(-c2ccc(N3CCN(C(=O)C(O)CN4CCOCC4)CC3)c(F)c2)nn1. The number of ether oxygens (including phenoxy) is 1. The highest BCUT2D eigenvalue weighted by molar-refractivity contribution is 5.81. The van der Waals surface area contributed by atoms with Gasteiger partial charge in [0.2, 0.25) is 0 Å². The maximum absolute atomic E-state index is 14.9. The summed E-state index contributed by atoms with van der Waals surface area (Å²) in [6, 6.07) is 4.98. The highest BCUT2D eigenvalue weighted by Crippen LogP contribution is 2.23. The molecule has 0 aliphatic carbocycles. The molecule has 10 nitrogen and oxygen atoms in total. The van der Waals surface area contributed by atoms with E-state index in [4.69, 9.17) is 4.74 Å². The lowest BCUT2D eigenvalue weighted by molar-refractivity contribution is -0.142. The fraction of sp³-hybridized carbons (Fsp3) is 0.571.